The van der Waals surface area contributed by atoms with Gasteiger partial charge in [0.2, 0.25) is 0 Å². The van der Waals surface area contributed by atoms with Crippen LogP contribution in [0, 0.1) is 0 Å². The van der Waals surface area contributed by atoms with Gasteiger partial charge in [-0.1, -0.05) is 51.9 Å². The molecule has 0 aromatic heterocycles. The van der Waals surface area contributed by atoms with Crippen molar-refractivity contribution in [1.29, 1.82) is 0 Å². The van der Waals surface area contributed by atoms with Crippen LogP contribution in [0.5, 0.6) is 0 Å². The fourth-order valence-electron chi connectivity index (χ4n) is 2.20. The van der Waals surface area contributed by atoms with Crippen molar-refractivity contribution in [2.75, 3.05) is 6.54 Å². The van der Waals surface area contributed by atoms with E-state index >= 15 is 0 Å². The Morgan fingerprint density at radius 3 is 1.64 bits per heavy atom. The lowest BCUT2D eigenvalue weighted by molar-refractivity contribution is 0.601. The van der Waals surface area contributed by atoms with Crippen molar-refractivity contribution in [3.05, 3.63) is 0 Å². The van der Waals surface area contributed by atoms with Crippen LogP contribution in [0.25, 0.3) is 0 Å². The molecule has 0 spiro atoms. The van der Waals surface area contributed by atoms with Crippen molar-refractivity contribution < 1.29 is 0 Å². The first kappa shape index (κ1) is 14.6. The van der Waals surface area contributed by atoms with Crippen molar-refractivity contribution >= 4 is 26.0 Å². The van der Waals surface area contributed by atoms with Crippen LogP contribution in [0.1, 0.15) is 6.42 Å². The maximum atomic E-state index is 2.91. The summed E-state index contributed by atoms with van der Waals surface area (Å²) in [6.07, 6.45) is 1.46. The lowest BCUT2D eigenvalue weighted by atomic mass is 10.5. The quantitative estimate of drug-likeness (QED) is 0.515. The summed E-state index contributed by atoms with van der Waals surface area (Å²) >= 11 is 0. The average Bonchev–Trinajstić information content (AvgIpc) is 1.92. The number of hydrogen-bond acceptors (Lipinski definition) is 1. The zero-order chi connectivity index (χ0) is 11.4. The summed E-state index contributed by atoms with van der Waals surface area (Å²) < 4.78 is 2.91. The van der Waals surface area contributed by atoms with Gasteiger partial charge < -0.3 is 4.23 Å². The van der Waals surface area contributed by atoms with Crippen LogP contribution in [-0.2, 0) is 0 Å². The van der Waals surface area contributed by atoms with E-state index < -0.39 is 16.5 Å². The molecule has 0 amide bonds. The minimum absolute atomic E-state index is 0.288. The maximum Gasteiger partial charge on any atom is 0.112 e. The fourth-order valence-corrected chi connectivity index (χ4v) is 12.6. The highest BCUT2D eigenvalue weighted by Gasteiger charge is 2.33. The Bertz CT molecular complexity index is 144. The molecule has 0 saturated carbocycles. The topological polar surface area (TPSA) is 3.24 Å². The molecular formula is C10H29NSi3. The summed E-state index contributed by atoms with van der Waals surface area (Å²) in [5, 5.41) is 0. The fraction of sp³-hybridized carbons (Fsp3) is 1.00. The Balaban J connectivity index is 4.28. The lowest BCUT2D eigenvalue weighted by Gasteiger charge is -2.43. The first-order valence-electron chi connectivity index (χ1n) is 5.97. The monoisotopic (exact) mass is 247 g/mol. The Labute approximate surface area is 95.3 Å². The zero-order valence-electron chi connectivity index (χ0n) is 11.3. The highest BCUT2D eigenvalue weighted by Crippen LogP contribution is 2.20. The number of hydrogen-bond donors (Lipinski definition) is 0. The molecule has 0 rings (SSSR count). The first-order chi connectivity index (χ1) is 6.19. The van der Waals surface area contributed by atoms with Crippen LogP contribution >= 0.6 is 0 Å². The Hall–Kier alpha value is 0.611. The third kappa shape index (κ3) is 5.48. The molecule has 0 atom stereocenters. The van der Waals surface area contributed by atoms with Gasteiger partial charge in [-0.2, -0.15) is 0 Å². The van der Waals surface area contributed by atoms with E-state index in [4.69, 9.17) is 0 Å². The molecule has 0 unspecified atom stereocenters. The molecule has 0 fully saturated rings. The summed E-state index contributed by atoms with van der Waals surface area (Å²) in [7, 11) is -1.84. The third-order valence-electron chi connectivity index (χ3n) is 2.60. The molecule has 0 heterocycles. The molecule has 0 saturated heterocycles. The molecule has 0 aliphatic carbocycles. The summed E-state index contributed by atoms with van der Waals surface area (Å²) in [6, 6.07) is 1.53. The van der Waals surface area contributed by atoms with E-state index in [1.807, 2.05) is 0 Å². The zero-order valence-corrected chi connectivity index (χ0v) is 14.7. The molecule has 0 aromatic rings. The van der Waals surface area contributed by atoms with Crippen LogP contribution < -0.4 is 0 Å². The molecule has 0 bridgehead atoms. The van der Waals surface area contributed by atoms with Crippen molar-refractivity contribution in [2.45, 2.75) is 58.3 Å². The second-order valence-electron chi connectivity index (χ2n) is 6.20. The SMILES string of the molecule is C[SiH2]CCCN([Si](C)(C)C)[Si](C)(C)C. The van der Waals surface area contributed by atoms with E-state index in [0.717, 1.165) is 0 Å². The first-order valence-corrected chi connectivity index (χ1v) is 15.3. The van der Waals surface area contributed by atoms with E-state index in [2.05, 4.69) is 50.1 Å². The van der Waals surface area contributed by atoms with Crippen LogP contribution in [-0.4, -0.2) is 36.8 Å². The van der Waals surface area contributed by atoms with Crippen LogP contribution in [0.2, 0.25) is 51.9 Å². The van der Waals surface area contributed by atoms with Gasteiger partial charge in [0.05, 0.1) is 0 Å². The highest BCUT2D eigenvalue weighted by atomic mass is 28.4. The van der Waals surface area contributed by atoms with Crippen molar-refractivity contribution in [2.24, 2.45) is 0 Å². The summed E-state index contributed by atoms with van der Waals surface area (Å²) in [4.78, 5) is 0. The predicted molar refractivity (Wildman–Crippen MR) is 77.2 cm³/mol. The van der Waals surface area contributed by atoms with Crippen LogP contribution in [0.3, 0.4) is 0 Å². The van der Waals surface area contributed by atoms with Gasteiger partial charge in [-0.25, -0.2) is 0 Å². The molecule has 86 valence electrons. The molecule has 14 heavy (non-hydrogen) atoms. The largest absolute Gasteiger partial charge is 0.346 e. The molecule has 1 nitrogen and oxygen atoms in total. The second-order valence-corrected chi connectivity index (χ2v) is 18.1. The Kier molecular flexibility index (Phi) is 5.87. The van der Waals surface area contributed by atoms with Gasteiger partial charge in [0, 0.05) is 9.52 Å². The van der Waals surface area contributed by atoms with E-state index in [1.165, 1.54) is 19.0 Å². The smallest absolute Gasteiger partial charge is 0.112 e. The minimum Gasteiger partial charge on any atom is -0.346 e. The highest BCUT2D eigenvalue weighted by molar-refractivity contribution is 6.89. The van der Waals surface area contributed by atoms with Gasteiger partial charge in [-0.3, -0.25) is 0 Å². The summed E-state index contributed by atoms with van der Waals surface area (Å²) in [5.41, 5.74) is 0. The average molecular weight is 248 g/mol. The molecule has 0 N–H and O–H groups in total. The number of nitrogens with zero attached hydrogens (tertiary/aromatic N) is 1. The van der Waals surface area contributed by atoms with Gasteiger partial charge in [0.25, 0.3) is 0 Å². The minimum atomic E-state index is -1.06. The van der Waals surface area contributed by atoms with Gasteiger partial charge >= 0.3 is 0 Å². The van der Waals surface area contributed by atoms with Crippen molar-refractivity contribution in [3.63, 3.8) is 0 Å². The van der Waals surface area contributed by atoms with Gasteiger partial charge in [0.1, 0.15) is 16.5 Å². The van der Waals surface area contributed by atoms with Gasteiger partial charge in [-0.05, 0) is 13.0 Å². The molecule has 0 aliphatic rings. The predicted octanol–water partition coefficient (Wildman–Crippen LogP) is 2.98. The molecular weight excluding hydrogens is 218 g/mol. The molecule has 0 aromatic carbocycles. The lowest BCUT2D eigenvalue weighted by Crippen LogP contribution is -2.59. The van der Waals surface area contributed by atoms with Gasteiger partial charge in [0.15, 0.2) is 0 Å². The number of rotatable bonds is 6. The standard InChI is InChI=1S/C10H29NSi3/c1-12-10-8-9-11(13(2,3)4)14(5,6)7/h8-10,12H2,1-7H3. The Morgan fingerprint density at radius 1 is 0.929 bits per heavy atom. The molecule has 0 radical (unpaired) electrons. The van der Waals surface area contributed by atoms with Crippen LogP contribution in [0.15, 0.2) is 0 Å². The van der Waals surface area contributed by atoms with Crippen molar-refractivity contribution in [1.82, 2.24) is 4.23 Å². The third-order valence-corrected chi connectivity index (χ3v) is 11.5. The van der Waals surface area contributed by atoms with E-state index in [1.54, 1.807) is 0 Å². The summed E-state index contributed by atoms with van der Waals surface area (Å²) in [6.45, 7) is 18.8. The van der Waals surface area contributed by atoms with E-state index in [9.17, 15) is 0 Å². The van der Waals surface area contributed by atoms with Crippen LogP contribution in [0.4, 0.5) is 0 Å². The molecule has 0 aliphatic heterocycles. The summed E-state index contributed by atoms with van der Waals surface area (Å²) in [5.74, 6) is 0. The van der Waals surface area contributed by atoms with E-state index in [0.29, 0.717) is 0 Å². The normalized spacial score (nSPS) is 14.6. The second kappa shape index (κ2) is 5.63. The maximum absolute atomic E-state index is 2.91. The molecule has 4 heteroatoms. The Morgan fingerprint density at radius 2 is 1.36 bits per heavy atom. The van der Waals surface area contributed by atoms with Gasteiger partial charge in [-0.15, -0.1) is 0 Å². The van der Waals surface area contributed by atoms with Crippen molar-refractivity contribution in [3.8, 4) is 0 Å². The van der Waals surface area contributed by atoms with E-state index in [-0.39, 0.29) is 9.52 Å².